The predicted octanol–water partition coefficient (Wildman–Crippen LogP) is 9.09. The van der Waals surface area contributed by atoms with Crippen LogP contribution >= 0.6 is 23.8 Å². The van der Waals surface area contributed by atoms with E-state index >= 15 is 0 Å². The van der Waals surface area contributed by atoms with Crippen molar-refractivity contribution in [2.75, 3.05) is 18.5 Å². The minimum absolute atomic E-state index is 0. The largest absolute Gasteiger partial charge is 3.00 e. The zero-order valence-corrected chi connectivity index (χ0v) is 48.3. The maximum absolute atomic E-state index is 14.3. The molecule has 6 aromatic rings. The fraction of sp³-hybridized carbons (Fsp3) is 0.260. The van der Waals surface area contributed by atoms with Gasteiger partial charge in [0.1, 0.15) is 0 Å². The first-order valence-corrected chi connectivity index (χ1v) is 27.7. The van der Waals surface area contributed by atoms with Gasteiger partial charge in [-0.15, -0.1) is 0 Å². The zero-order chi connectivity index (χ0) is 60.0. The van der Waals surface area contributed by atoms with E-state index in [0.29, 0.717) is 72.8 Å². The molecule has 6 aromatic carbocycles. The third-order valence-electron chi connectivity index (χ3n) is 10.8. The van der Waals surface area contributed by atoms with Gasteiger partial charge in [0, 0.05) is 6.92 Å². The summed E-state index contributed by atoms with van der Waals surface area (Å²) in [5, 5.41) is 6.18. The first kappa shape index (κ1) is 75.8. The number of nitrogens with zero attached hydrogens (tertiary/aromatic N) is 1. The molecule has 0 unspecified atom stereocenters. The molecule has 0 aliphatic rings. The summed E-state index contributed by atoms with van der Waals surface area (Å²) in [6, 6.07) is 22.9. The average Bonchev–Trinajstić information content (AvgIpc) is 3.33. The van der Waals surface area contributed by atoms with Crippen LogP contribution < -0.4 is 56.6 Å². The summed E-state index contributed by atoms with van der Waals surface area (Å²) in [6.45, 7) is 2.82. The number of rotatable bonds is 12. The van der Waals surface area contributed by atoms with Crippen LogP contribution in [0.2, 0.25) is 0 Å². The number of hydrogen-bond acceptors (Lipinski definition) is 4. The standard InChI is InChI=1S/C47H33F18P3.C2H3N.CHF3O3S.2ClH.Ir/c1-41(26-66(35-14-2-8-29(20-35)42(48,49)50)36-15-3-9-30(21-36)43(51,52)53,27-67(37-16-4-10-31(22-37)44(54,55)56)38-17-5-11-32(23-38)45(57,58)59)28-68(39-18-6-12-33(24-39)46(60,61)62)40-19-7-13-34(25-40)47(63,64)65;1-2-3;2-1(3,4)8(5,6)7;;;/h2-25H,26-28H2,1H3;1H3;(H,5,6,7);2*1H;/q;;;;;+3/p-3. The first-order valence-electron chi connectivity index (χ1n) is 21.7. The molecule has 82 heavy (non-hydrogen) atoms. The molecule has 0 radical (unpaired) electrons. The summed E-state index contributed by atoms with van der Waals surface area (Å²) in [5.41, 5.74) is -14.8. The molecule has 4 nitrogen and oxygen atoms in total. The molecule has 0 bridgehead atoms. The summed E-state index contributed by atoms with van der Waals surface area (Å²) in [5.74, 6) is 0. The Hall–Kier alpha value is -4.23. The number of alkyl halides is 21. The second kappa shape index (κ2) is 29.2. The molecule has 0 aromatic heterocycles. The Labute approximate surface area is 484 Å². The zero-order valence-electron chi connectivity index (χ0n) is 40.9. The van der Waals surface area contributed by atoms with Crippen molar-refractivity contribution in [3.8, 4) is 6.07 Å². The minimum atomic E-state index is -6.09. The van der Waals surface area contributed by atoms with Gasteiger partial charge in [0.15, 0.2) is 10.1 Å². The fourth-order valence-electron chi connectivity index (χ4n) is 7.39. The summed E-state index contributed by atoms with van der Waals surface area (Å²) in [6.07, 6.45) is -31.6. The number of hydrogen-bond donors (Lipinski definition) is 0. The van der Waals surface area contributed by atoms with Crippen molar-refractivity contribution >= 4 is 65.7 Å². The quantitative estimate of drug-likeness (QED) is 0.0531. The van der Waals surface area contributed by atoms with E-state index in [4.69, 9.17) is 18.2 Å². The SMILES string of the molecule is CC#N.CC(CP(c1cccc(C(F)(F)F)c1)c1cccc(C(F)(F)F)c1)(CP(c1cccc(C(F)(F)F)c1)c1cccc(C(F)(F)F)c1)CP(c1cccc(C(F)(F)F)c1)c1cccc(C(F)(F)F)c1.O=S(=O)([O-])C(F)(F)F.[Cl-].[Cl-].[Ir+3]. The Bertz CT molecular complexity index is 2740. The van der Waals surface area contributed by atoms with E-state index in [9.17, 15) is 92.2 Å². The molecular weight excluding hydrogens is 1450 g/mol. The van der Waals surface area contributed by atoms with Crippen LogP contribution in [0.5, 0.6) is 0 Å². The van der Waals surface area contributed by atoms with Gasteiger partial charge in [0.2, 0.25) is 0 Å². The maximum atomic E-state index is 14.3. The fourth-order valence-corrected chi connectivity index (χ4v) is 16.2. The van der Waals surface area contributed by atoms with Crippen LogP contribution in [0.15, 0.2) is 146 Å². The van der Waals surface area contributed by atoms with Gasteiger partial charge in [-0.1, -0.05) is 79.7 Å². The number of nitriles is 1. The van der Waals surface area contributed by atoms with Crippen molar-refractivity contribution in [3.63, 3.8) is 0 Å². The Balaban J connectivity index is 0.00000219. The second-order valence-electron chi connectivity index (χ2n) is 17.0. The summed E-state index contributed by atoms with van der Waals surface area (Å²) < 4.78 is 316. The Kier molecular flexibility index (Phi) is 27.0. The molecule has 0 atom stereocenters. The third-order valence-corrected chi connectivity index (χ3v) is 20.0. The summed E-state index contributed by atoms with van der Waals surface area (Å²) >= 11 is 0. The van der Waals surface area contributed by atoms with Crippen molar-refractivity contribution in [2.45, 2.75) is 56.4 Å². The van der Waals surface area contributed by atoms with Gasteiger partial charge in [-0.05, 0) is 152 Å². The van der Waals surface area contributed by atoms with E-state index < -0.39 is 134 Å². The van der Waals surface area contributed by atoms with Crippen LogP contribution in [0.25, 0.3) is 0 Å². The molecule has 450 valence electrons. The summed E-state index contributed by atoms with van der Waals surface area (Å²) in [4.78, 5) is 0. The van der Waals surface area contributed by atoms with Gasteiger partial charge < -0.3 is 29.4 Å². The molecule has 0 saturated heterocycles. The van der Waals surface area contributed by atoms with Gasteiger partial charge in [-0.2, -0.15) is 97.5 Å². The van der Waals surface area contributed by atoms with E-state index in [1.54, 1.807) is 6.07 Å². The van der Waals surface area contributed by atoms with Crippen LogP contribution in [-0.4, -0.2) is 37.0 Å². The van der Waals surface area contributed by atoms with Gasteiger partial charge in [-0.25, -0.2) is 8.42 Å². The molecule has 0 aliphatic carbocycles. The van der Waals surface area contributed by atoms with E-state index in [-0.39, 0.29) is 76.7 Å². The monoisotopic (exact) mass is 1490 g/mol. The maximum Gasteiger partial charge on any atom is 3.00 e. The Morgan fingerprint density at radius 3 is 0.634 bits per heavy atom. The first-order chi connectivity index (χ1) is 36.0. The molecule has 32 heteroatoms. The van der Waals surface area contributed by atoms with Crippen molar-refractivity contribution in [1.29, 1.82) is 5.26 Å². The van der Waals surface area contributed by atoms with Gasteiger partial charge in [0.05, 0.1) is 39.4 Å². The average molecular weight is 1490 g/mol. The molecule has 6 rings (SSSR count). The van der Waals surface area contributed by atoms with Crippen LogP contribution in [0.1, 0.15) is 47.2 Å². The molecule has 0 saturated carbocycles. The number of halogens is 23. The smallest absolute Gasteiger partial charge is 1.00 e. The second-order valence-corrected chi connectivity index (χ2v) is 25.0. The number of benzene rings is 6. The molecule has 0 heterocycles. The topological polar surface area (TPSA) is 81.0 Å². The van der Waals surface area contributed by atoms with Crippen LogP contribution in [0, 0.1) is 16.7 Å². The minimum Gasteiger partial charge on any atom is -1.00 e. The molecule has 0 fully saturated rings. The van der Waals surface area contributed by atoms with Crippen LogP contribution in [0.3, 0.4) is 0 Å². The molecule has 0 spiro atoms. The molecule has 0 amide bonds. The van der Waals surface area contributed by atoms with E-state index in [0.717, 1.165) is 36.4 Å². The Morgan fingerprint density at radius 2 is 0.524 bits per heavy atom. The third kappa shape index (κ3) is 21.7. The summed E-state index contributed by atoms with van der Waals surface area (Å²) in [7, 11) is -13.6. The normalized spacial score (nSPS) is 12.7. The van der Waals surface area contributed by atoms with Crippen molar-refractivity contribution in [3.05, 3.63) is 179 Å². The van der Waals surface area contributed by atoms with Gasteiger partial charge in [0.25, 0.3) is 0 Å². The van der Waals surface area contributed by atoms with Crippen molar-refractivity contribution in [2.24, 2.45) is 5.41 Å². The van der Waals surface area contributed by atoms with Crippen LogP contribution in [0.4, 0.5) is 92.2 Å². The molecule has 0 aliphatic heterocycles. The Morgan fingerprint density at radius 1 is 0.390 bits per heavy atom. The van der Waals surface area contributed by atoms with Crippen molar-refractivity contribution in [1.82, 2.24) is 0 Å². The molecular formula is C50H36Cl2F21IrNO3P3S. The van der Waals surface area contributed by atoms with Crippen molar-refractivity contribution < 1.29 is 150 Å². The van der Waals surface area contributed by atoms with E-state index in [1.165, 1.54) is 50.2 Å². The van der Waals surface area contributed by atoms with Gasteiger partial charge >= 0.3 is 62.7 Å². The molecule has 0 N–H and O–H groups in total. The van der Waals surface area contributed by atoms with Crippen LogP contribution in [-0.2, 0) is 67.3 Å². The van der Waals surface area contributed by atoms with E-state index in [2.05, 4.69) is 0 Å². The van der Waals surface area contributed by atoms with Gasteiger partial charge in [-0.3, -0.25) is 0 Å². The van der Waals surface area contributed by atoms with E-state index in [1.807, 2.05) is 0 Å². The predicted molar refractivity (Wildman–Crippen MR) is 257 cm³/mol.